The van der Waals surface area contributed by atoms with Gasteiger partial charge in [0, 0.05) is 12.0 Å². The number of hydrogen-bond donors (Lipinski definition) is 2. The van der Waals surface area contributed by atoms with Gasteiger partial charge in [0.25, 0.3) is 0 Å². The molecule has 0 atom stereocenters. The molecule has 0 aliphatic rings. The van der Waals surface area contributed by atoms with E-state index in [2.05, 4.69) is 4.98 Å². The Bertz CT molecular complexity index is 528. The number of pyridine rings is 1. The molecule has 6 nitrogen and oxygen atoms in total. The number of nitrogens with zero attached hydrogens (tertiary/aromatic N) is 1. The molecule has 0 aliphatic carbocycles. The van der Waals surface area contributed by atoms with E-state index < -0.39 is 15.8 Å². The monoisotopic (exact) mass is 276 g/mol. The zero-order valence-corrected chi connectivity index (χ0v) is 10.7. The summed E-state index contributed by atoms with van der Waals surface area (Å²) in [6.45, 7) is 0. The molecule has 1 aromatic heterocycles. The molecule has 0 saturated heterocycles. The molecule has 0 amide bonds. The summed E-state index contributed by atoms with van der Waals surface area (Å²) >= 11 is 1.18. The first-order valence-electron chi connectivity index (χ1n) is 4.59. The van der Waals surface area contributed by atoms with E-state index in [1.54, 1.807) is 0 Å². The summed E-state index contributed by atoms with van der Waals surface area (Å²) in [5, 5.41) is 9.28. The summed E-state index contributed by atoms with van der Waals surface area (Å²) in [6, 6.07) is 1.34. The first-order valence-corrected chi connectivity index (χ1v) is 7.63. The van der Waals surface area contributed by atoms with Gasteiger partial charge in [-0.25, -0.2) is 18.2 Å². The maximum Gasteiger partial charge on any atom is 0.337 e. The number of hydrogen-bond acceptors (Lipinski definition) is 6. The number of rotatable bonds is 5. The Morgan fingerprint density at radius 2 is 2.24 bits per heavy atom. The molecule has 0 saturated carbocycles. The highest BCUT2D eigenvalue weighted by molar-refractivity contribution is 8.00. The van der Waals surface area contributed by atoms with Crippen LogP contribution in [0.4, 0.5) is 5.69 Å². The van der Waals surface area contributed by atoms with Crippen LogP contribution < -0.4 is 5.73 Å². The van der Waals surface area contributed by atoms with Crippen LogP contribution >= 0.6 is 11.8 Å². The molecule has 8 heteroatoms. The van der Waals surface area contributed by atoms with Crippen molar-refractivity contribution in [2.24, 2.45) is 0 Å². The van der Waals surface area contributed by atoms with E-state index in [-0.39, 0.29) is 17.0 Å². The van der Waals surface area contributed by atoms with Crippen molar-refractivity contribution in [1.82, 2.24) is 4.98 Å². The quantitative estimate of drug-likeness (QED) is 0.753. The topological polar surface area (TPSA) is 110 Å². The Hall–Kier alpha value is -1.28. The van der Waals surface area contributed by atoms with Gasteiger partial charge < -0.3 is 10.8 Å². The summed E-state index contributed by atoms with van der Waals surface area (Å²) in [6.07, 6.45) is 2.40. The molecule has 94 valence electrons. The molecule has 1 rings (SSSR count). The summed E-state index contributed by atoms with van der Waals surface area (Å²) in [4.78, 5) is 14.7. The average Bonchev–Trinajstić information content (AvgIpc) is 2.18. The first kappa shape index (κ1) is 13.8. The van der Waals surface area contributed by atoms with Gasteiger partial charge in [-0.05, 0) is 6.07 Å². The van der Waals surface area contributed by atoms with Gasteiger partial charge in [-0.2, -0.15) is 0 Å². The second-order valence-corrected chi connectivity index (χ2v) is 6.77. The number of carboxylic acid groups (broad SMARTS) is 1. The van der Waals surface area contributed by atoms with Crippen LogP contribution in [-0.2, 0) is 9.84 Å². The second kappa shape index (κ2) is 5.37. The van der Waals surface area contributed by atoms with Crippen molar-refractivity contribution in [2.75, 3.05) is 23.5 Å². The van der Waals surface area contributed by atoms with Crippen LogP contribution in [0.5, 0.6) is 0 Å². The van der Waals surface area contributed by atoms with E-state index in [1.807, 2.05) is 0 Å². The maximum atomic E-state index is 10.9. The third kappa shape index (κ3) is 4.61. The molecule has 0 fully saturated rings. The number of nitrogens with two attached hydrogens (primary N) is 1. The van der Waals surface area contributed by atoms with Gasteiger partial charge in [-0.15, -0.1) is 11.8 Å². The molecule has 0 radical (unpaired) electrons. The summed E-state index contributed by atoms with van der Waals surface area (Å²) < 4.78 is 21.8. The van der Waals surface area contributed by atoms with Gasteiger partial charge in [0.2, 0.25) is 0 Å². The third-order valence-electron chi connectivity index (χ3n) is 1.84. The molecule has 0 spiro atoms. The third-order valence-corrected chi connectivity index (χ3v) is 3.98. The minimum Gasteiger partial charge on any atom is -0.478 e. The minimum atomic E-state index is -3.02. The summed E-state index contributed by atoms with van der Waals surface area (Å²) in [5.74, 6) is -0.782. The van der Waals surface area contributed by atoms with Crippen LogP contribution in [-0.4, -0.2) is 42.2 Å². The number of aromatic nitrogens is 1. The van der Waals surface area contributed by atoms with Crippen LogP contribution in [0.3, 0.4) is 0 Å². The average molecular weight is 276 g/mol. The molecule has 0 unspecified atom stereocenters. The van der Waals surface area contributed by atoms with Crippen LogP contribution in [0, 0.1) is 0 Å². The van der Waals surface area contributed by atoms with E-state index in [1.165, 1.54) is 24.0 Å². The van der Waals surface area contributed by atoms with Crippen molar-refractivity contribution >= 4 is 33.3 Å². The van der Waals surface area contributed by atoms with Gasteiger partial charge >= 0.3 is 5.97 Å². The Morgan fingerprint density at radius 1 is 1.59 bits per heavy atom. The number of carbonyl (C=O) groups is 1. The van der Waals surface area contributed by atoms with Gasteiger partial charge in [0.15, 0.2) is 0 Å². The van der Waals surface area contributed by atoms with Crippen molar-refractivity contribution in [3.8, 4) is 0 Å². The molecule has 0 bridgehead atoms. The van der Waals surface area contributed by atoms with E-state index >= 15 is 0 Å². The highest BCUT2D eigenvalue weighted by Crippen LogP contribution is 2.20. The fourth-order valence-electron chi connectivity index (χ4n) is 1.01. The number of aromatic carboxylic acids is 1. The van der Waals surface area contributed by atoms with Crippen molar-refractivity contribution < 1.29 is 18.3 Å². The molecule has 0 aliphatic heterocycles. The van der Waals surface area contributed by atoms with Gasteiger partial charge in [0.1, 0.15) is 9.84 Å². The lowest BCUT2D eigenvalue weighted by molar-refractivity contribution is 0.0697. The first-order chi connectivity index (χ1) is 7.79. The van der Waals surface area contributed by atoms with E-state index in [0.717, 1.165) is 6.26 Å². The Morgan fingerprint density at radius 3 is 2.76 bits per heavy atom. The Balaban J connectivity index is 2.73. The predicted octanol–water partition coefficient (Wildman–Crippen LogP) is 0.499. The smallest absolute Gasteiger partial charge is 0.337 e. The molecule has 1 aromatic rings. The predicted molar refractivity (Wildman–Crippen MR) is 66.0 cm³/mol. The molecular formula is C9H12N2O4S2. The van der Waals surface area contributed by atoms with E-state index in [0.29, 0.717) is 10.8 Å². The number of carboxylic acids is 1. The SMILES string of the molecule is CS(=O)(=O)CCSc1cc(C(=O)O)c(N)cn1. The largest absolute Gasteiger partial charge is 0.478 e. The lowest BCUT2D eigenvalue weighted by Gasteiger charge is -2.03. The lowest BCUT2D eigenvalue weighted by Crippen LogP contribution is -2.06. The fraction of sp³-hybridized carbons (Fsp3) is 0.333. The van der Waals surface area contributed by atoms with Crippen LogP contribution in [0.1, 0.15) is 10.4 Å². The number of sulfone groups is 1. The Kier molecular flexibility index (Phi) is 4.35. The lowest BCUT2D eigenvalue weighted by atomic mass is 10.2. The van der Waals surface area contributed by atoms with Gasteiger partial charge in [-0.3, -0.25) is 0 Å². The van der Waals surface area contributed by atoms with Crippen molar-refractivity contribution in [3.05, 3.63) is 17.8 Å². The number of anilines is 1. The van der Waals surface area contributed by atoms with Crippen molar-refractivity contribution in [3.63, 3.8) is 0 Å². The fourth-order valence-corrected chi connectivity index (χ4v) is 3.09. The zero-order valence-electron chi connectivity index (χ0n) is 9.08. The molecule has 3 N–H and O–H groups in total. The highest BCUT2D eigenvalue weighted by Gasteiger charge is 2.10. The van der Waals surface area contributed by atoms with Crippen molar-refractivity contribution in [1.29, 1.82) is 0 Å². The van der Waals surface area contributed by atoms with Crippen molar-refractivity contribution in [2.45, 2.75) is 5.03 Å². The Labute approximate surface area is 103 Å². The molecule has 1 heterocycles. The van der Waals surface area contributed by atoms with Crippen LogP contribution in [0.2, 0.25) is 0 Å². The normalized spacial score (nSPS) is 11.4. The number of nitrogen functional groups attached to an aromatic ring is 1. The second-order valence-electron chi connectivity index (χ2n) is 3.39. The molecule has 17 heavy (non-hydrogen) atoms. The molecular weight excluding hydrogens is 264 g/mol. The van der Waals surface area contributed by atoms with E-state index in [4.69, 9.17) is 10.8 Å². The van der Waals surface area contributed by atoms with Gasteiger partial charge in [0.05, 0.1) is 28.2 Å². The highest BCUT2D eigenvalue weighted by atomic mass is 32.2. The summed E-state index contributed by atoms with van der Waals surface area (Å²) in [5.41, 5.74) is 5.50. The van der Waals surface area contributed by atoms with Crippen LogP contribution in [0.25, 0.3) is 0 Å². The standard InChI is InChI=1S/C9H12N2O4S2/c1-17(14,15)3-2-16-8-4-6(9(12)13)7(10)5-11-8/h4-5H,2-3,10H2,1H3,(H,12,13). The molecule has 0 aromatic carbocycles. The van der Waals surface area contributed by atoms with Gasteiger partial charge in [-0.1, -0.05) is 0 Å². The summed E-state index contributed by atoms with van der Waals surface area (Å²) in [7, 11) is -3.02. The van der Waals surface area contributed by atoms with Crippen LogP contribution in [0.15, 0.2) is 17.3 Å². The van der Waals surface area contributed by atoms with E-state index in [9.17, 15) is 13.2 Å². The minimum absolute atomic E-state index is 0.0200. The number of thioether (sulfide) groups is 1. The maximum absolute atomic E-state index is 10.9. The zero-order chi connectivity index (χ0) is 13.1.